The molecule has 0 aromatic heterocycles. The average Bonchev–Trinajstić information content (AvgIpc) is 3.42. The Morgan fingerprint density at radius 2 is 1.58 bits per heavy atom. The first-order chi connectivity index (χ1) is 20.6. The van der Waals surface area contributed by atoms with Crippen molar-refractivity contribution in [1.29, 1.82) is 0 Å². The van der Waals surface area contributed by atoms with Crippen molar-refractivity contribution in [1.82, 2.24) is 14.7 Å². The standard InChI is InChI=1S/C32H33Cl2N3O5S/c1-22(38)35-16-18-36(19-17-35)31(39)37-15-14-32(43(40,41)25-6-3-2-4-7-25)27-12-11-24(20-23(27)10-13-30(32)37)42-21-26-28(33)8-5-9-29(26)34/h2-9,11-12,20,30H,10,13-19,21H2,1H3/t30-,32-/m1/s1. The van der Waals surface area contributed by atoms with Crippen molar-refractivity contribution in [2.45, 2.75) is 48.5 Å². The van der Waals surface area contributed by atoms with E-state index < -0.39 is 20.6 Å². The molecule has 0 saturated carbocycles. The number of amides is 3. The van der Waals surface area contributed by atoms with Crippen LogP contribution in [0.15, 0.2) is 71.6 Å². The Bertz CT molecular complexity index is 1640. The number of halogens is 2. The van der Waals surface area contributed by atoms with E-state index in [0.717, 1.165) is 5.56 Å². The molecule has 2 aliphatic heterocycles. The van der Waals surface area contributed by atoms with Crippen LogP contribution in [0.1, 0.15) is 36.5 Å². The number of likely N-dealkylation sites (tertiary alicyclic amines) is 1. The lowest BCUT2D eigenvalue weighted by molar-refractivity contribution is -0.130. The van der Waals surface area contributed by atoms with E-state index in [0.29, 0.717) is 72.5 Å². The third-order valence-corrected chi connectivity index (χ3v) is 12.3. The summed E-state index contributed by atoms with van der Waals surface area (Å²) in [4.78, 5) is 31.2. The van der Waals surface area contributed by atoms with Gasteiger partial charge in [-0.05, 0) is 66.8 Å². The Morgan fingerprint density at radius 1 is 0.907 bits per heavy atom. The summed E-state index contributed by atoms with van der Waals surface area (Å²) in [6.07, 6.45) is 1.38. The second kappa shape index (κ2) is 11.7. The van der Waals surface area contributed by atoms with E-state index >= 15 is 0 Å². The van der Waals surface area contributed by atoms with Gasteiger partial charge in [-0.3, -0.25) is 4.79 Å². The second-order valence-electron chi connectivity index (χ2n) is 11.3. The first-order valence-electron chi connectivity index (χ1n) is 14.4. The normalized spacial score (nSPS) is 21.7. The predicted octanol–water partition coefficient (Wildman–Crippen LogP) is 5.55. The number of hydrogen-bond donors (Lipinski definition) is 0. The maximum Gasteiger partial charge on any atom is 0.320 e. The van der Waals surface area contributed by atoms with E-state index in [4.69, 9.17) is 27.9 Å². The van der Waals surface area contributed by atoms with Crippen LogP contribution in [0.4, 0.5) is 4.79 Å². The highest BCUT2D eigenvalue weighted by Crippen LogP contribution is 2.53. The van der Waals surface area contributed by atoms with Gasteiger partial charge in [0.15, 0.2) is 9.84 Å². The summed E-state index contributed by atoms with van der Waals surface area (Å²) in [7, 11) is -3.91. The summed E-state index contributed by atoms with van der Waals surface area (Å²) in [5.41, 5.74) is 2.29. The van der Waals surface area contributed by atoms with Crippen LogP contribution in [0.25, 0.3) is 0 Å². The lowest BCUT2D eigenvalue weighted by Crippen LogP contribution is -2.57. The third kappa shape index (κ3) is 5.15. The van der Waals surface area contributed by atoms with E-state index in [1.54, 1.807) is 69.3 Å². The molecule has 2 atom stereocenters. The summed E-state index contributed by atoms with van der Waals surface area (Å²) in [5, 5.41) is 1.03. The molecular formula is C32H33Cl2N3O5S. The Hall–Kier alpha value is -3.27. The Kier molecular flexibility index (Phi) is 8.08. The Balaban J connectivity index is 1.34. The predicted molar refractivity (Wildman–Crippen MR) is 165 cm³/mol. The van der Waals surface area contributed by atoms with Gasteiger partial charge in [0.25, 0.3) is 0 Å². The zero-order valence-electron chi connectivity index (χ0n) is 23.8. The van der Waals surface area contributed by atoms with Gasteiger partial charge < -0.3 is 19.4 Å². The number of hydrogen-bond acceptors (Lipinski definition) is 5. The monoisotopic (exact) mass is 641 g/mol. The van der Waals surface area contributed by atoms with Gasteiger partial charge in [0, 0.05) is 55.3 Å². The average molecular weight is 643 g/mol. The molecule has 0 bridgehead atoms. The van der Waals surface area contributed by atoms with Crippen LogP contribution in [-0.2, 0) is 32.4 Å². The Labute approximate surface area is 262 Å². The van der Waals surface area contributed by atoms with Gasteiger partial charge in [-0.25, -0.2) is 13.2 Å². The van der Waals surface area contributed by atoms with Gasteiger partial charge in [0.1, 0.15) is 17.1 Å². The molecule has 3 aromatic rings. The second-order valence-corrected chi connectivity index (χ2v) is 14.3. The summed E-state index contributed by atoms with van der Waals surface area (Å²) in [6.45, 7) is 3.82. The van der Waals surface area contributed by atoms with Crippen molar-refractivity contribution in [2.24, 2.45) is 0 Å². The summed E-state index contributed by atoms with van der Waals surface area (Å²) in [5.74, 6) is 0.582. The lowest BCUT2D eigenvalue weighted by atomic mass is 9.78. The summed E-state index contributed by atoms with van der Waals surface area (Å²) in [6, 6.07) is 18.7. The number of carbonyl (C=O) groups excluding carboxylic acids is 2. The van der Waals surface area contributed by atoms with Crippen LogP contribution >= 0.6 is 23.2 Å². The first kappa shape index (κ1) is 29.8. The number of nitrogens with zero attached hydrogens (tertiary/aromatic N) is 3. The molecule has 1 aliphatic carbocycles. The summed E-state index contributed by atoms with van der Waals surface area (Å²) < 4.78 is 34.0. The van der Waals surface area contributed by atoms with E-state index in [1.165, 1.54) is 6.92 Å². The third-order valence-electron chi connectivity index (χ3n) is 9.08. The molecule has 43 heavy (non-hydrogen) atoms. The molecule has 2 heterocycles. The largest absolute Gasteiger partial charge is 0.489 e. The van der Waals surface area contributed by atoms with E-state index in [-0.39, 0.29) is 29.9 Å². The zero-order valence-corrected chi connectivity index (χ0v) is 26.2. The highest BCUT2D eigenvalue weighted by Gasteiger charge is 2.61. The van der Waals surface area contributed by atoms with Crippen LogP contribution in [-0.4, -0.2) is 73.8 Å². The van der Waals surface area contributed by atoms with Crippen molar-refractivity contribution in [3.63, 3.8) is 0 Å². The molecule has 11 heteroatoms. The van der Waals surface area contributed by atoms with Crippen LogP contribution in [0.2, 0.25) is 10.0 Å². The van der Waals surface area contributed by atoms with Gasteiger partial charge in [-0.2, -0.15) is 0 Å². The van der Waals surface area contributed by atoms with Crippen LogP contribution < -0.4 is 4.74 Å². The number of benzene rings is 3. The molecule has 0 unspecified atom stereocenters. The number of aryl methyl sites for hydroxylation is 1. The minimum atomic E-state index is -3.91. The molecule has 3 amide bonds. The van der Waals surface area contributed by atoms with Crippen LogP contribution in [0.3, 0.4) is 0 Å². The van der Waals surface area contributed by atoms with E-state index in [1.807, 2.05) is 12.1 Å². The number of ether oxygens (including phenoxy) is 1. The van der Waals surface area contributed by atoms with Gasteiger partial charge in [-0.15, -0.1) is 0 Å². The molecule has 2 fully saturated rings. The topological polar surface area (TPSA) is 87.2 Å². The van der Waals surface area contributed by atoms with Crippen molar-refractivity contribution in [3.8, 4) is 5.75 Å². The fourth-order valence-electron chi connectivity index (χ4n) is 6.85. The van der Waals surface area contributed by atoms with Crippen LogP contribution in [0.5, 0.6) is 5.75 Å². The Morgan fingerprint density at radius 3 is 2.26 bits per heavy atom. The van der Waals surface area contributed by atoms with Crippen molar-refractivity contribution >= 4 is 45.0 Å². The molecular weight excluding hydrogens is 609 g/mol. The fraction of sp³-hybridized carbons (Fsp3) is 0.375. The summed E-state index contributed by atoms with van der Waals surface area (Å²) >= 11 is 12.7. The number of piperazine rings is 1. The molecule has 0 spiro atoms. The molecule has 3 aliphatic rings. The molecule has 2 saturated heterocycles. The highest BCUT2D eigenvalue weighted by atomic mass is 35.5. The van der Waals surface area contributed by atoms with E-state index in [9.17, 15) is 18.0 Å². The molecule has 8 nitrogen and oxygen atoms in total. The minimum Gasteiger partial charge on any atom is -0.489 e. The highest BCUT2D eigenvalue weighted by molar-refractivity contribution is 7.92. The van der Waals surface area contributed by atoms with Crippen molar-refractivity contribution < 1.29 is 22.7 Å². The fourth-order valence-corrected chi connectivity index (χ4v) is 9.75. The molecule has 226 valence electrons. The number of fused-ring (bicyclic) bond motifs is 3. The van der Waals surface area contributed by atoms with Gasteiger partial charge in [-0.1, -0.05) is 53.5 Å². The lowest BCUT2D eigenvalue weighted by Gasteiger charge is -2.44. The molecule has 3 aromatic carbocycles. The number of sulfone groups is 1. The van der Waals surface area contributed by atoms with E-state index in [2.05, 4.69) is 0 Å². The molecule has 6 rings (SSSR count). The van der Waals surface area contributed by atoms with Crippen molar-refractivity contribution in [2.75, 3.05) is 32.7 Å². The molecule has 0 N–H and O–H groups in total. The van der Waals surface area contributed by atoms with Gasteiger partial charge >= 0.3 is 6.03 Å². The van der Waals surface area contributed by atoms with Gasteiger partial charge in [0.2, 0.25) is 5.91 Å². The maximum atomic E-state index is 14.6. The maximum absolute atomic E-state index is 14.6. The first-order valence-corrected chi connectivity index (χ1v) is 16.7. The minimum absolute atomic E-state index is 0.0107. The van der Waals surface area contributed by atoms with Gasteiger partial charge in [0.05, 0.1) is 10.9 Å². The SMILES string of the molecule is CC(=O)N1CCN(C(=O)N2CC[C@@]3(S(=O)(=O)c4ccccc4)c4ccc(OCc5c(Cl)cccc5Cl)cc4CC[C@@H]23)CC1. The number of carbonyl (C=O) groups is 2. The molecule has 0 radical (unpaired) electrons. The van der Waals surface area contributed by atoms with Crippen molar-refractivity contribution in [3.05, 3.63) is 93.5 Å². The smallest absolute Gasteiger partial charge is 0.320 e. The number of urea groups is 1. The number of rotatable bonds is 5. The quantitative estimate of drug-likeness (QED) is 0.365. The zero-order chi connectivity index (χ0) is 30.4. The van der Waals surface area contributed by atoms with Crippen LogP contribution in [0, 0.1) is 0 Å².